The highest BCUT2D eigenvalue weighted by molar-refractivity contribution is 6.32. The molecule has 16 heteroatoms. The summed E-state index contributed by atoms with van der Waals surface area (Å²) in [5, 5.41) is 15.4. The van der Waals surface area contributed by atoms with Crippen LogP contribution in [0.1, 0.15) is 5.69 Å². The molecule has 0 fully saturated rings. The Hall–Kier alpha value is -3.39. The Kier molecular flexibility index (Phi) is 10.1. The Bertz CT molecular complexity index is 1330. The Morgan fingerprint density at radius 2 is 1.35 bits per heavy atom. The molecule has 0 atom stereocenters. The van der Waals surface area contributed by atoms with E-state index in [0.717, 1.165) is 11.4 Å². The van der Waals surface area contributed by atoms with Crippen LogP contribution in [0.15, 0.2) is 24.8 Å². The van der Waals surface area contributed by atoms with Gasteiger partial charge in [-0.25, -0.2) is 9.97 Å². The summed E-state index contributed by atoms with van der Waals surface area (Å²) in [6.07, 6.45) is 6.22. The zero-order chi connectivity index (χ0) is 26.9. The molecule has 2 N–H and O–H groups in total. The van der Waals surface area contributed by atoms with Gasteiger partial charge in [-0.05, 0) is 6.92 Å². The second-order valence-electron chi connectivity index (χ2n) is 7.18. The van der Waals surface area contributed by atoms with Crippen LogP contribution < -0.4 is 20.1 Å². The Balaban J connectivity index is 0.000000208. The van der Waals surface area contributed by atoms with Crippen molar-refractivity contribution in [3.05, 3.63) is 45.7 Å². The molecule has 13 nitrogen and oxygen atoms in total. The van der Waals surface area contributed by atoms with Gasteiger partial charge >= 0.3 is 0 Å². The fourth-order valence-corrected chi connectivity index (χ4v) is 3.31. The summed E-state index contributed by atoms with van der Waals surface area (Å²) in [4.78, 5) is 16.3. The van der Waals surface area contributed by atoms with Crippen molar-refractivity contribution in [1.82, 2.24) is 39.5 Å². The molecule has 0 saturated heterocycles. The first kappa shape index (κ1) is 28.2. The van der Waals surface area contributed by atoms with Crippen molar-refractivity contribution < 1.29 is 14.2 Å². The molecule has 0 amide bonds. The number of aromatic nitrogens is 8. The molecular formula is C21H25Cl3N10O3. The van der Waals surface area contributed by atoms with Crippen molar-refractivity contribution in [2.45, 2.75) is 13.5 Å². The van der Waals surface area contributed by atoms with E-state index < -0.39 is 0 Å². The van der Waals surface area contributed by atoms with Gasteiger partial charge in [-0.2, -0.15) is 20.2 Å². The van der Waals surface area contributed by atoms with E-state index >= 15 is 0 Å². The number of anilines is 4. The van der Waals surface area contributed by atoms with Gasteiger partial charge in [0.25, 0.3) is 0 Å². The van der Waals surface area contributed by atoms with Gasteiger partial charge in [0.2, 0.25) is 23.7 Å². The van der Waals surface area contributed by atoms with Crippen LogP contribution in [0.25, 0.3) is 0 Å². The van der Waals surface area contributed by atoms with E-state index in [4.69, 9.17) is 49.0 Å². The number of rotatable bonds is 9. The SMILES string of the molecule is COCCn1ncc(Nc2ncc(Cl)c(OC)n2)c1C.COc1nc(Nc2cnn(C)c2Cl)ncc1Cl. The zero-order valence-electron chi connectivity index (χ0n) is 20.7. The van der Waals surface area contributed by atoms with Crippen LogP contribution in [-0.4, -0.2) is 67.4 Å². The Morgan fingerprint density at radius 1 is 0.811 bits per heavy atom. The van der Waals surface area contributed by atoms with Crippen LogP contribution in [-0.2, 0) is 18.3 Å². The van der Waals surface area contributed by atoms with Gasteiger partial charge in [-0.1, -0.05) is 34.8 Å². The van der Waals surface area contributed by atoms with Crippen LogP contribution in [0.4, 0.5) is 23.3 Å². The highest BCUT2D eigenvalue weighted by atomic mass is 35.5. The maximum atomic E-state index is 5.99. The van der Waals surface area contributed by atoms with Gasteiger partial charge in [-0.3, -0.25) is 9.36 Å². The average molecular weight is 572 g/mol. The quantitative estimate of drug-likeness (QED) is 0.297. The molecule has 0 aromatic carbocycles. The maximum absolute atomic E-state index is 5.99. The highest BCUT2D eigenvalue weighted by Crippen LogP contribution is 2.26. The van der Waals surface area contributed by atoms with Crippen molar-refractivity contribution in [3.63, 3.8) is 0 Å². The number of hydrogen-bond donors (Lipinski definition) is 2. The van der Waals surface area contributed by atoms with E-state index in [9.17, 15) is 0 Å². The van der Waals surface area contributed by atoms with Crippen LogP contribution in [0.2, 0.25) is 15.2 Å². The maximum Gasteiger partial charge on any atom is 0.237 e. The molecule has 4 rings (SSSR count). The third kappa shape index (κ3) is 7.32. The lowest BCUT2D eigenvalue weighted by molar-refractivity contribution is 0.183. The standard InChI is InChI=1S/C12H16ClN5O2.C9H9Cl2N5O/c1-8-10(7-15-18(8)4-5-19-2)16-12-14-6-9(13)11(17-12)20-3;1-16-7(11)6(4-13-16)14-9-12-3-5(10)8(15-9)17-2/h6-7H,4-5H2,1-3H3,(H,14,16,17);3-4H,1-2H3,(H,12,14,15). The summed E-state index contributed by atoms with van der Waals surface area (Å²) in [6, 6.07) is 0. The van der Waals surface area contributed by atoms with E-state index in [0.29, 0.717) is 57.7 Å². The summed E-state index contributed by atoms with van der Waals surface area (Å²) in [6.45, 7) is 3.25. The topological polar surface area (TPSA) is 139 Å². The first-order valence-corrected chi connectivity index (χ1v) is 11.8. The third-order valence-electron chi connectivity index (χ3n) is 4.78. The first-order valence-electron chi connectivity index (χ1n) is 10.6. The number of halogens is 3. The summed E-state index contributed by atoms with van der Waals surface area (Å²) in [7, 11) is 6.38. The predicted octanol–water partition coefficient (Wildman–Crippen LogP) is 4.30. The molecule has 0 bridgehead atoms. The van der Waals surface area contributed by atoms with Gasteiger partial charge in [0.15, 0.2) is 0 Å². The van der Waals surface area contributed by atoms with Gasteiger partial charge in [0.05, 0.1) is 69.2 Å². The van der Waals surface area contributed by atoms with E-state index in [1.54, 1.807) is 26.6 Å². The number of nitrogens with one attached hydrogen (secondary N) is 2. The summed E-state index contributed by atoms with van der Waals surface area (Å²) >= 11 is 17.7. The first-order chi connectivity index (χ1) is 17.8. The molecule has 198 valence electrons. The number of methoxy groups -OCH3 is 3. The fourth-order valence-electron chi connectivity index (χ4n) is 2.83. The van der Waals surface area contributed by atoms with Crippen LogP contribution in [0, 0.1) is 6.92 Å². The highest BCUT2D eigenvalue weighted by Gasteiger charge is 2.11. The molecule has 4 heterocycles. The number of nitrogens with zero attached hydrogens (tertiary/aromatic N) is 8. The normalized spacial score (nSPS) is 10.5. The molecule has 0 spiro atoms. The molecule has 0 aliphatic carbocycles. The van der Waals surface area contributed by atoms with E-state index in [-0.39, 0.29) is 0 Å². The molecule has 4 aromatic rings. The van der Waals surface area contributed by atoms with Crippen molar-refractivity contribution in [2.75, 3.05) is 38.6 Å². The minimum atomic E-state index is 0.296. The van der Waals surface area contributed by atoms with Crippen molar-refractivity contribution in [1.29, 1.82) is 0 Å². The molecule has 4 aromatic heterocycles. The zero-order valence-corrected chi connectivity index (χ0v) is 22.9. The minimum absolute atomic E-state index is 0.296. The van der Waals surface area contributed by atoms with Gasteiger partial charge in [0.1, 0.15) is 15.2 Å². The molecule has 0 aliphatic rings. The van der Waals surface area contributed by atoms with Gasteiger partial charge in [-0.15, -0.1) is 0 Å². The average Bonchev–Trinajstić information content (AvgIpc) is 3.41. The number of hydrogen-bond acceptors (Lipinski definition) is 11. The van der Waals surface area contributed by atoms with Crippen molar-refractivity contribution in [3.8, 4) is 11.8 Å². The second kappa shape index (κ2) is 13.2. The summed E-state index contributed by atoms with van der Waals surface area (Å²) < 4.78 is 18.4. The van der Waals surface area contributed by atoms with Crippen LogP contribution in [0.3, 0.4) is 0 Å². The molecule has 37 heavy (non-hydrogen) atoms. The van der Waals surface area contributed by atoms with E-state index in [1.165, 1.54) is 31.3 Å². The molecule has 0 radical (unpaired) electrons. The van der Waals surface area contributed by atoms with Crippen molar-refractivity contribution in [2.24, 2.45) is 7.05 Å². The van der Waals surface area contributed by atoms with Crippen LogP contribution >= 0.6 is 34.8 Å². The van der Waals surface area contributed by atoms with E-state index in [1.807, 2.05) is 11.6 Å². The van der Waals surface area contributed by atoms with E-state index in [2.05, 4.69) is 40.8 Å². The predicted molar refractivity (Wildman–Crippen MR) is 141 cm³/mol. The molecule has 0 aliphatic heterocycles. The Morgan fingerprint density at radius 3 is 1.84 bits per heavy atom. The molecular weight excluding hydrogens is 547 g/mol. The van der Waals surface area contributed by atoms with Crippen molar-refractivity contribution >= 4 is 58.1 Å². The fraction of sp³-hybridized carbons (Fsp3) is 0.333. The minimum Gasteiger partial charge on any atom is -0.480 e. The number of aryl methyl sites for hydroxylation is 1. The monoisotopic (exact) mass is 570 g/mol. The molecule has 0 unspecified atom stereocenters. The summed E-state index contributed by atoms with van der Waals surface area (Å²) in [5.41, 5.74) is 2.41. The molecule has 0 saturated carbocycles. The summed E-state index contributed by atoms with van der Waals surface area (Å²) in [5.74, 6) is 1.36. The largest absolute Gasteiger partial charge is 0.480 e. The third-order valence-corrected chi connectivity index (χ3v) is 5.75. The van der Waals surface area contributed by atoms with Gasteiger partial charge in [0, 0.05) is 14.2 Å². The second-order valence-corrected chi connectivity index (χ2v) is 8.36. The Labute approximate surface area is 228 Å². The smallest absolute Gasteiger partial charge is 0.237 e. The lowest BCUT2D eigenvalue weighted by Gasteiger charge is -2.07. The number of ether oxygens (including phenoxy) is 3. The van der Waals surface area contributed by atoms with Crippen LogP contribution in [0.5, 0.6) is 11.8 Å². The van der Waals surface area contributed by atoms with Gasteiger partial charge < -0.3 is 24.8 Å². The lowest BCUT2D eigenvalue weighted by Crippen LogP contribution is -2.08. The lowest BCUT2D eigenvalue weighted by atomic mass is 10.4.